The fraction of sp³-hybridized carbons (Fsp3) is 0.441. The molecule has 0 saturated heterocycles. The number of carbonyl (C=O) groups is 1. The largest absolute Gasteiger partial charge is 0.507 e. The Morgan fingerprint density at radius 1 is 1.05 bits per heavy atom. The molecule has 236 valence electrons. The number of nitrogens with zero attached hydrogens (tertiary/aromatic N) is 2. The van der Waals surface area contributed by atoms with E-state index in [9.17, 15) is 14.7 Å². The number of fused-ring (bicyclic) bond motifs is 1. The molecule has 4 rings (SSSR count). The maximum atomic E-state index is 14.3. The second kappa shape index (κ2) is 12.6. The molecule has 0 fully saturated rings. The monoisotopic (exact) mass is 684 g/mol. The van der Waals surface area contributed by atoms with Crippen LogP contribution in [0.5, 0.6) is 17.2 Å². The van der Waals surface area contributed by atoms with E-state index in [-0.39, 0.29) is 34.3 Å². The van der Waals surface area contributed by atoms with Crippen LogP contribution in [0.15, 0.2) is 49.8 Å². The van der Waals surface area contributed by atoms with Crippen LogP contribution < -0.4 is 24.4 Å². The zero-order valence-electron chi connectivity index (χ0n) is 27.0. The number of phenols is 1. The van der Waals surface area contributed by atoms with Gasteiger partial charge >= 0.3 is 5.97 Å². The molecule has 1 aromatic heterocycles. The summed E-state index contributed by atoms with van der Waals surface area (Å²) in [5, 5.41) is 11.2. The van der Waals surface area contributed by atoms with Crippen molar-refractivity contribution in [3.63, 3.8) is 0 Å². The minimum atomic E-state index is -0.832. The van der Waals surface area contributed by atoms with Crippen molar-refractivity contribution in [2.75, 3.05) is 20.3 Å². The van der Waals surface area contributed by atoms with Crippen molar-refractivity contribution in [1.82, 2.24) is 4.57 Å². The van der Waals surface area contributed by atoms with Crippen LogP contribution in [0.3, 0.4) is 0 Å². The predicted molar refractivity (Wildman–Crippen MR) is 178 cm³/mol. The minimum absolute atomic E-state index is 0.174. The van der Waals surface area contributed by atoms with Gasteiger partial charge < -0.3 is 19.3 Å². The summed E-state index contributed by atoms with van der Waals surface area (Å²) in [6.45, 7) is 18.3. The summed E-state index contributed by atoms with van der Waals surface area (Å²) >= 11 is 4.92. The number of halogens is 1. The molecule has 1 N–H and O–H groups in total. The van der Waals surface area contributed by atoms with Gasteiger partial charge in [0, 0.05) is 15.6 Å². The van der Waals surface area contributed by atoms with Crippen molar-refractivity contribution >= 4 is 39.3 Å². The summed E-state index contributed by atoms with van der Waals surface area (Å²) in [7, 11) is 1.55. The summed E-state index contributed by atoms with van der Waals surface area (Å²) in [6, 6.07) is 6.60. The Balaban J connectivity index is 2.04. The van der Waals surface area contributed by atoms with E-state index >= 15 is 0 Å². The zero-order chi connectivity index (χ0) is 32.7. The Labute approximate surface area is 270 Å². The third-order valence-corrected chi connectivity index (χ3v) is 9.11. The molecule has 0 bridgehead atoms. The molecule has 0 aliphatic carbocycles. The highest BCUT2D eigenvalue weighted by Crippen LogP contribution is 2.42. The van der Waals surface area contributed by atoms with E-state index < -0.39 is 12.0 Å². The zero-order valence-corrected chi connectivity index (χ0v) is 29.4. The number of carbonyl (C=O) groups excluding carboxylic acids is 1. The number of ether oxygens (including phenoxy) is 3. The van der Waals surface area contributed by atoms with Crippen LogP contribution >= 0.6 is 27.3 Å². The Morgan fingerprint density at radius 3 is 2.18 bits per heavy atom. The van der Waals surface area contributed by atoms with Gasteiger partial charge in [-0.25, -0.2) is 9.79 Å². The molecule has 1 atom stereocenters. The van der Waals surface area contributed by atoms with Gasteiger partial charge in [-0.3, -0.25) is 9.36 Å². The lowest BCUT2D eigenvalue weighted by molar-refractivity contribution is -0.139. The molecule has 0 unspecified atom stereocenters. The van der Waals surface area contributed by atoms with Crippen LogP contribution in [-0.4, -0.2) is 36.0 Å². The standard InChI is InChI=1S/C34H41BrN2O6S/c1-11-42-25-17-23(35)20(16-24(25)41-10)28-27(31(40)43-12-2)18(3)36-32-37(28)30(39)26(44-32)15-19-13-21(33(4,5)6)29(38)22(14-19)34(7,8)9/h13-17,28,38H,11-12H2,1-10H3/b26-15+/t28-/m1/s1. The van der Waals surface area contributed by atoms with Gasteiger partial charge in [0.2, 0.25) is 0 Å². The maximum Gasteiger partial charge on any atom is 0.338 e. The van der Waals surface area contributed by atoms with Gasteiger partial charge in [0.25, 0.3) is 5.56 Å². The lowest BCUT2D eigenvalue weighted by atomic mass is 9.78. The number of esters is 1. The molecular weight excluding hydrogens is 644 g/mol. The Kier molecular flexibility index (Phi) is 9.57. The molecule has 0 radical (unpaired) electrons. The number of hydrogen-bond acceptors (Lipinski definition) is 8. The fourth-order valence-electron chi connectivity index (χ4n) is 5.31. The van der Waals surface area contributed by atoms with Crippen molar-refractivity contribution in [3.05, 3.63) is 81.9 Å². The van der Waals surface area contributed by atoms with Crippen LogP contribution in [0.2, 0.25) is 0 Å². The Bertz CT molecular complexity index is 1790. The number of aromatic hydroxyl groups is 1. The van der Waals surface area contributed by atoms with Gasteiger partial charge in [-0.1, -0.05) is 68.8 Å². The number of phenolic OH excluding ortho intramolecular Hbond substituents is 1. The summed E-state index contributed by atoms with van der Waals surface area (Å²) in [4.78, 5) is 32.8. The van der Waals surface area contributed by atoms with Crippen molar-refractivity contribution in [3.8, 4) is 17.2 Å². The van der Waals surface area contributed by atoms with Crippen molar-refractivity contribution < 1.29 is 24.1 Å². The van der Waals surface area contributed by atoms with Gasteiger partial charge in [0.05, 0.1) is 42.2 Å². The molecular formula is C34H41BrN2O6S. The molecule has 0 saturated carbocycles. The van der Waals surface area contributed by atoms with Gasteiger partial charge in [0.15, 0.2) is 16.3 Å². The fourth-order valence-corrected chi connectivity index (χ4v) is 6.89. The first-order chi connectivity index (χ1) is 20.5. The molecule has 8 nitrogen and oxygen atoms in total. The van der Waals surface area contributed by atoms with Gasteiger partial charge in [-0.05, 0) is 73.1 Å². The van der Waals surface area contributed by atoms with Gasteiger partial charge in [-0.15, -0.1) is 0 Å². The van der Waals surface area contributed by atoms with Crippen LogP contribution in [0.4, 0.5) is 0 Å². The van der Waals surface area contributed by atoms with E-state index in [0.29, 0.717) is 43.2 Å². The molecule has 1 aliphatic heterocycles. The lowest BCUT2D eigenvalue weighted by Gasteiger charge is -2.27. The highest BCUT2D eigenvalue weighted by atomic mass is 79.9. The summed E-state index contributed by atoms with van der Waals surface area (Å²) in [5.74, 6) is 0.732. The average molecular weight is 686 g/mol. The molecule has 3 aromatic rings. The van der Waals surface area contributed by atoms with Crippen LogP contribution in [-0.2, 0) is 20.4 Å². The third kappa shape index (κ3) is 6.38. The van der Waals surface area contributed by atoms with E-state index in [1.807, 2.05) is 25.1 Å². The molecule has 2 heterocycles. The van der Waals surface area contributed by atoms with Gasteiger partial charge in [0.1, 0.15) is 5.75 Å². The number of methoxy groups -OCH3 is 1. The number of thiazole rings is 1. The summed E-state index contributed by atoms with van der Waals surface area (Å²) < 4.78 is 19.5. The van der Waals surface area contributed by atoms with Crippen LogP contribution in [0.25, 0.3) is 6.08 Å². The predicted octanol–water partition coefficient (Wildman–Crippen LogP) is 6.27. The SMILES string of the molecule is CCOC(=O)C1=C(C)N=c2s/c(=C/c3cc(C(C)(C)C)c(O)c(C(C)(C)C)c3)c(=O)n2[C@@H]1c1cc(OC)c(OCC)cc1Br. The van der Waals surface area contributed by atoms with Crippen molar-refractivity contribution in [1.29, 1.82) is 0 Å². The highest BCUT2D eigenvalue weighted by molar-refractivity contribution is 9.10. The smallest absolute Gasteiger partial charge is 0.338 e. The second-order valence-electron chi connectivity index (χ2n) is 12.7. The van der Waals surface area contributed by atoms with Crippen molar-refractivity contribution in [2.24, 2.45) is 4.99 Å². The topological polar surface area (TPSA) is 99.4 Å². The highest BCUT2D eigenvalue weighted by Gasteiger charge is 2.35. The molecule has 0 amide bonds. The number of hydrogen-bond donors (Lipinski definition) is 1. The summed E-state index contributed by atoms with van der Waals surface area (Å²) in [6.07, 6.45) is 1.84. The number of aromatic nitrogens is 1. The normalized spacial score (nSPS) is 15.6. The first-order valence-electron chi connectivity index (χ1n) is 14.6. The van der Waals surface area contributed by atoms with Crippen molar-refractivity contribution in [2.45, 2.75) is 79.2 Å². The maximum absolute atomic E-state index is 14.3. The average Bonchev–Trinajstić information content (AvgIpc) is 3.22. The van der Waals surface area contributed by atoms with E-state index in [1.165, 1.54) is 11.3 Å². The number of allylic oxidation sites excluding steroid dienone is 1. The lowest BCUT2D eigenvalue weighted by Crippen LogP contribution is -2.40. The molecule has 0 spiro atoms. The molecule has 44 heavy (non-hydrogen) atoms. The minimum Gasteiger partial charge on any atom is -0.507 e. The van der Waals surface area contributed by atoms with E-state index in [1.54, 1.807) is 37.7 Å². The first-order valence-corrected chi connectivity index (χ1v) is 16.2. The number of rotatable bonds is 7. The van der Waals surface area contributed by atoms with Crippen LogP contribution in [0.1, 0.15) is 90.6 Å². The van der Waals surface area contributed by atoms with E-state index in [0.717, 1.165) is 16.7 Å². The van der Waals surface area contributed by atoms with Gasteiger partial charge in [-0.2, -0.15) is 0 Å². The first kappa shape index (κ1) is 33.5. The quantitative estimate of drug-likeness (QED) is 0.295. The Morgan fingerprint density at radius 2 is 1.66 bits per heavy atom. The Hall–Kier alpha value is -3.37. The van der Waals surface area contributed by atoms with E-state index in [2.05, 4.69) is 57.5 Å². The molecule has 1 aliphatic rings. The number of benzene rings is 2. The third-order valence-electron chi connectivity index (χ3n) is 7.44. The molecule has 2 aromatic carbocycles. The molecule has 10 heteroatoms. The van der Waals surface area contributed by atoms with E-state index in [4.69, 9.17) is 19.2 Å². The second-order valence-corrected chi connectivity index (χ2v) is 14.6. The summed E-state index contributed by atoms with van der Waals surface area (Å²) in [5.41, 5.74) is 2.81. The van der Waals surface area contributed by atoms with Crippen LogP contribution in [0, 0.1) is 0 Å².